The Morgan fingerprint density at radius 1 is 1.60 bits per heavy atom. The van der Waals surface area contributed by atoms with Crippen molar-refractivity contribution >= 4 is 11.6 Å². The zero-order chi connectivity index (χ0) is 7.61. The van der Waals surface area contributed by atoms with Crippen molar-refractivity contribution in [3.05, 3.63) is 0 Å². The molecule has 0 aromatic heterocycles. The Morgan fingerprint density at radius 3 is 2.70 bits per heavy atom. The molecule has 0 spiro atoms. The zero-order valence-corrected chi connectivity index (χ0v) is 6.30. The molecular formula is C6H10ClF2N. The standard InChI is InChI=1S/C6H10ClF2N/c7-6(8,9)3-5-1-2-10-4-5/h5,10H,1-4H2. The molecule has 1 N–H and O–H groups in total. The molecule has 0 amide bonds. The lowest BCUT2D eigenvalue weighted by atomic mass is 10.1. The third-order valence-corrected chi connectivity index (χ3v) is 1.84. The summed E-state index contributed by atoms with van der Waals surface area (Å²) in [5.74, 6) is 0.0625. The molecule has 0 bridgehead atoms. The third kappa shape index (κ3) is 2.80. The maximum absolute atomic E-state index is 12.1. The largest absolute Gasteiger partial charge is 0.322 e. The monoisotopic (exact) mass is 169 g/mol. The van der Waals surface area contributed by atoms with Gasteiger partial charge in [0.05, 0.1) is 0 Å². The van der Waals surface area contributed by atoms with Crippen molar-refractivity contribution in [2.24, 2.45) is 5.92 Å². The number of hydrogen-bond acceptors (Lipinski definition) is 1. The first kappa shape index (κ1) is 8.21. The summed E-state index contributed by atoms with van der Waals surface area (Å²) in [6.45, 7) is 1.53. The predicted molar refractivity (Wildman–Crippen MR) is 36.4 cm³/mol. The van der Waals surface area contributed by atoms with Crippen LogP contribution in [-0.4, -0.2) is 18.5 Å². The minimum Gasteiger partial charge on any atom is -0.316 e. The normalized spacial score (nSPS) is 27.3. The van der Waals surface area contributed by atoms with E-state index in [1.165, 1.54) is 0 Å². The minimum atomic E-state index is -3.00. The molecule has 0 aliphatic carbocycles. The summed E-state index contributed by atoms with van der Waals surface area (Å²) < 4.78 is 24.2. The van der Waals surface area contributed by atoms with Gasteiger partial charge in [0.15, 0.2) is 0 Å². The molecule has 60 valence electrons. The van der Waals surface area contributed by atoms with Crippen molar-refractivity contribution in [1.29, 1.82) is 0 Å². The number of rotatable bonds is 2. The highest BCUT2D eigenvalue weighted by atomic mass is 35.5. The van der Waals surface area contributed by atoms with Crippen LogP contribution in [0.1, 0.15) is 12.8 Å². The van der Waals surface area contributed by atoms with Crippen molar-refractivity contribution < 1.29 is 8.78 Å². The van der Waals surface area contributed by atoms with Gasteiger partial charge in [-0.1, -0.05) is 0 Å². The molecule has 0 aromatic rings. The zero-order valence-electron chi connectivity index (χ0n) is 5.54. The average molecular weight is 170 g/mol. The molecule has 1 saturated heterocycles. The van der Waals surface area contributed by atoms with Gasteiger partial charge in [0.2, 0.25) is 0 Å². The van der Waals surface area contributed by atoms with Crippen LogP contribution in [0.3, 0.4) is 0 Å². The van der Waals surface area contributed by atoms with Crippen molar-refractivity contribution in [3.63, 3.8) is 0 Å². The minimum absolute atomic E-state index is 0.0625. The molecule has 1 unspecified atom stereocenters. The summed E-state index contributed by atoms with van der Waals surface area (Å²) >= 11 is 4.75. The number of hydrogen-bond donors (Lipinski definition) is 1. The maximum atomic E-state index is 12.1. The van der Waals surface area contributed by atoms with Gasteiger partial charge in [-0.2, -0.15) is 8.78 Å². The quantitative estimate of drug-likeness (QED) is 0.622. The first-order chi connectivity index (χ1) is 4.58. The van der Waals surface area contributed by atoms with E-state index in [9.17, 15) is 8.78 Å². The van der Waals surface area contributed by atoms with Crippen molar-refractivity contribution in [3.8, 4) is 0 Å². The van der Waals surface area contributed by atoms with Gasteiger partial charge in [-0.3, -0.25) is 0 Å². The Bertz CT molecular complexity index is 107. The third-order valence-electron chi connectivity index (χ3n) is 1.68. The number of nitrogens with one attached hydrogen (secondary N) is 1. The summed E-state index contributed by atoms with van der Waals surface area (Å²) in [6.07, 6.45) is 0.629. The molecule has 1 rings (SSSR count). The molecule has 0 radical (unpaired) electrons. The fourth-order valence-corrected chi connectivity index (χ4v) is 1.43. The first-order valence-electron chi connectivity index (χ1n) is 3.35. The Hall–Kier alpha value is 0.110. The SMILES string of the molecule is FC(F)(Cl)CC1CCNC1. The molecule has 1 heterocycles. The summed E-state index contributed by atoms with van der Waals surface area (Å²) in [5.41, 5.74) is 0. The highest BCUT2D eigenvalue weighted by molar-refractivity contribution is 6.21. The second-order valence-corrected chi connectivity index (χ2v) is 3.23. The van der Waals surface area contributed by atoms with Crippen molar-refractivity contribution in [2.45, 2.75) is 18.2 Å². The van der Waals surface area contributed by atoms with Crippen LogP contribution < -0.4 is 5.32 Å². The van der Waals surface area contributed by atoms with Crippen molar-refractivity contribution in [2.75, 3.05) is 13.1 Å². The first-order valence-corrected chi connectivity index (χ1v) is 3.73. The molecule has 4 heteroatoms. The summed E-state index contributed by atoms with van der Waals surface area (Å²) in [5, 5.41) is -0.000355. The Labute approximate surface area is 63.7 Å². The van der Waals surface area contributed by atoms with Crippen LogP contribution in [0, 0.1) is 5.92 Å². The fraction of sp³-hybridized carbons (Fsp3) is 1.00. The Morgan fingerprint density at radius 2 is 2.30 bits per heavy atom. The lowest BCUT2D eigenvalue weighted by Gasteiger charge is -2.11. The number of halogens is 3. The van der Waals surface area contributed by atoms with Gasteiger partial charge >= 0.3 is 5.38 Å². The van der Waals surface area contributed by atoms with Gasteiger partial charge in [0.1, 0.15) is 0 Å². The van der Waals surface area contributed by atoms with Gasteiger partial charge in [0, 0.05) is 6.42 Å². The summed E-state index contributed by atoms with van der Waals surface area (Å²) in [7, 11) is 0. The highest BCUT2D eigenvalue weighted by Gasteiger charge is 2.30. The van der Waals surface area contributed by atoms with E-state index in [1.807, 2.05) is 0 Å². The van der Waals surface area contributed by atoms with Crippen LogP contribution in [0.5, 0.6) is 0 Å². The highest BCUT2D eigenvalue weighted by Crippen LogP contribution is 2.29. The van der Waals surface area contributed by atoms with Gasteiger partial charge < -0.3 is 5.32 Å². The van der Waals surface area contributed by atoms with E-state index in [2.05, 4.69) is 5.32 Å². The van der Waals surface area contributed by atoms with Crippen molar-refractivity contribution in [1.82, 2.24) is 5.32 Å². The lowest BCUT2D eigenvalue weighted by Crippen LogP contribution is -2.16. The summed E-state index contributed by atoms with van der Waals surface area (Å²) in [4.78, 5) is 0. The number of alkyl halides is 3. The van der Waals surface area contributed by atoms with Gasteiger partial charge in [-0.25, -0.2) is 0 Å². The van der Waals surface area contributed by atoms with E-state index < -0.39 is 5.38 Å². The maximum Gasteiger partial charge on any atom is 0.322 e. The van der Waals surface area contributed by atoms with Crippen LogP contribution in [0.25, 0.3) is 0 Å². The lowest BCUT2D eigenvalue weighted by molar-refractivity contribution is 0.0690. The van der Waals surface area contributed by atoms with E-state index in [0.717, 1.165) is 13.0 Å². The van der Waals surface area contributed by atoms with Gasteiger partial charge in [-0.15, -0.1) is 0 Å². The van der Waals surface area contributed by atoms with Crippen LogP contribution >= 0.6 is 11.6 Å². The molecule has 1 aliphatic heterocycles. The van der Waals surface area contributed by atoms with Crippen LogP contribution in [0.4, 0.5) is 8.78 Å². The van der Waals surface area contributed by atoms with Crippen LogP contribution in [0.15, 0.2) is 0 Å². The molecule has 1 atom stereocenters. The topological polar surface area (TPSA) is 12.0 Å². The van der Waals surface area contributed by atoms with E-state index >= 15 is 0 Å². The molecule has 10 heavy (non-hydrogen) atoms. The molecule has 0 aromatic carbocycles. The molecule has 1 fully saturated rings. The van der Waals surface area contributed by atoms with Crippen LogP contribution in [0.2, 0.25) is 0 Å². The van der Waals surface area contributed by atoms with E-state index in [-0.39, 0.29) is 12.3 Å². The Balaban J connectivity index is 2.24. The smallest absolute Gasteiger partial charge is 0.316 e. The average Bonchev–Trinajstić information content (AvgIpc) is 2.12. The summed E-state index contributed by atoms with van der Waals surface area (Å²) in [6, 6.07) is 0. The van der Waals surface area contributed by atoms with Gasteiger partial charge in [0.25, 0.3) is 0 Å². The molecule has 0 saturated carbocycles. The molecule has 1 aliphatic rings. The second-order valence-electron chi connectivity index (χ2n) is 2.68. The molecule has 1 nitrogen and oxygen atoms in total. The molecular weight excluding hydrogens is 160 g/mol. The Kier molecular flexibility index (Phi) is 2.47. The second kappa shape index (κ2) is 3.01. The predicted octanol–water partition coefficient (Wildman–Crippen LogP) is 1.82. The van der Waals surface area contributed by atoms with E-state index in [1.54, 1.807) is 0 Å². The van der Waals surface area contributed by atoms with Gasteiger partial charge in [-0.05, 0) is 37.0 Å². The van der Waals surface area contributed by atoms with Crippen LogP contribution in [-0.2, 0) is 0 Å². The fourth-order valence-electron chi connectivity index (χ4n) is 1.22. The van der Waals surface area contributed by atoms with E-state index in [4.69, 9.17) is 11.6 Å². The van der Waals surface area contributed by atoms with E-state index in [0.29, 0.717) is 6.54 Å².